The van der Waals surface area contributed by atoms with E-state index in [1.165, 1.54) is 0 Å². The first-order valence-electron chi connectivity index (χ1n) is 7.48. The fraction of sp³-hybridized carbons (Fsp3) is 0.412. The number of hydrogen-bond donors (Lipinski definition) is 2. The van der Waals surface area contributed by atoms with E-state index in [4.69, 9.17) is 0 Å². The van der Waals surface area contributed by atoms with Crippen LogP contribution in [0, 0.1) is 5.92 Å². The van der Waals surface area contributed by atoms with Gasteiger partial charge in [-0.1, -0.05) is 44.2 Å². The number of rotatable bonds is 7. The van der Waals surface area contributed by atoms with E-state index in [2.05, 4.69) is 24.1 Å². The molecule has 0 aliphatic rings. The molecule has 1 heterocycles. The lowest BCUT2D eigenvalue weighted by Crippen LogP contribution is -2.24. The molecule has 0 spiro atoms. The topological polar surface area (TPSA) is 62.2 Å². The highest BCUT2D eigenvalue weighted by molar-refractivity contribution is 7.11. The van der Waals surface area contributed by atoms with Crippen molar-refractivity contribution in [2.45, 2.75) is 39.3 Å². The van der Waals surface area contributed by atoms with Gasteiger partial charge in [0.15, 0.2) is 0 Å². The number of carbonyl (C=O) groups is 1. The normalized spacial score (nSPS) is 12.4. The minimum atomic E-state index is -0.765. The zero-order valence-electron chi connectivity index (χ0n) is 13.0. The van der Waals surface area contributed by atoms with Crippen LogP contribution in [0.25, 0.3) is 0 Å². The number of aromatic nitrogens is 1. The molecule has 1 atom stereocenters. The quantitative estimate of drug-likeness (QED) is 0.824. The number of hydrogen-bond acceptors (Lipinski definition) is 4. The summed E-state index contributed by atoms with van der Waals surface area (Å²) in [6.07, 6.45) is 2.09. The van der Waals surface area contributed by atoms with Crippen molar-refractivity contribution in [2.24, 2.45) is 5.92 Å². The second kappa shape index (κ2) is 8.06. The summed E-state index contributed by atoms with van der Waals surface area (Å²) < 4.78 is 0. The maximum atomic E-state index is 11.9. The fourth-order valence-electron chi connectivity index (χ4n) is 2.10. The van der Waals surface area contributed by atoms with Gasteiger partial charge in [0.1, 0.15) is 0 Å². The van der Waals surface area contributed by atoms with E-state index in [-0.39, 0.29) is 12.3 Å². The molecule has 22 heavy (non-hydrogen) atoms. The molecule has 0 aliphatic carbocycles. The number of thiazole rings is 1. The van der Waals surface area contributed by atoms with Gasteiger partial charge in [0, 0.05) is 17.5 Å². The summed E-state index contributed by atoms with van der Waals surface area (Å²) in [7, 11) is 0. The molecule has 0 radical (unpaired) electrons. The van der Waals surface area contributed by atoms with E-state index in [0.29, 0.717) is 12.5 Å². The van der Waals surface area contributed by atoms with Crippen LogP contribution in [0.3, 0.4) is 0 Å². The Bertz CT molecular complexity index is 596. The van der Waals surface area contributed by atoms with Crippen LogP contribution in [-0.2, 0) is 17.8 Å². The summed E-state index contributed by atoms with van der Waals surface area (Å²) in [4.78, 5) is 17.3. The van der Waals surface area contributed by atoms with Gasteiger partial charge in [-0.05, 0) is 11.5 Å². The predicted molar refractivity (Wildman–Crippen MR) is 88.5 cm³/mol. The van der Waals surface area contributed by atoms with Gasteiger partial charge in [-0.3, -0.25) is 4.79 Å². The van der Waals surface area contributed by atoms with Gasteiger partial charge in [0.05, 0.1) is 24.1 Å². The molecule has 2 rings (SSSR count). The summed E-state index contributed by atoms with van der Waals surface area (Å²) in [6.45, 7) is 4.79. The van der Waals surface area contributed by atoms with Gasteiger partial charge in [0.2, 0.25) is 5.91 Å². The average molecular weight is 318 g/mol. The van der Waals surface area contributed by atoms with Crippen molar-refractivity contribution in [3.8, 4) is 0 Å². The maximum Gasteiger partial charge on any atom is 0.223 e. The van der Waals surface area contributed by atoms with Gasteiger partial charge >= 0.3 is 0 Å². The number of nitrogens with one attached hydrogen (secondary N) is 1. The van der Waals surface area contributed by atoms with Crippen LogP contribution >= 0.6 is 11.3 Å². The molecular weight excluding hydrogens is 296 g/mol. The molecule has 1 amide bonds. The number of aliphatic hydroxyl groups is 1. The van der Waals surface area contributed by atoms with Crippen LogP contribution in [0.15, 0.2) is 36.5 Å². The van der Waals surface area contributed by atoms with Crippen molar-refractivity contribution in [3.05, 3.63) is 52.0 Å². The second-order valence-electron chi connectivity index (χ2n) is 5.73. The Morgan fingerprint density at radius 3 is 2.73 bits per heavy atom. The van der Waals surface area contributed by atoms with Gasteiger partial charge in [-0.25, -0.2) is 4.98 Å². The Kier molecular flexibility index (Phi) is 6.10. The van der Waals surface area contributed by atoms with Gasteiger partial charge in [-0.15, -0.1) is 11.3 Å². The second-order valence-corrected chi connectivity index (χ2v) is 6.93. The van der Waals surface area contributed by atoms with Crippen molar-refractivity contribution in [3.63, 3.8) is 0 Å². The van der Waals surface area contributed by atoms with E-state index in [9.17, 15) is 9.90 Å². The highest BCUT2D eigenvalue weighted by Crippen LogP contribution is 2.18. The van der Waals surface area contributed by atoms with Gasteiger partial charge in [0.25, 0.3) is 0 Å². The third-order valence-corrected chi connectivity index (χ3v) is 4.23. The predicted octanol–water partition coefficient (Wildman–Crippen LogP) is 3.08. The van der Waals surface area contributed by atoms with Crippen molar-refractivity contribution < 1.29 is 9.90 Å². The molecule has 1 unspecified atom stereocenters. The first kappa shape index (κ1) is 16.6. The zero-order valence-corrected chi connectivity index (χ0v) is 13.8. The molecule has 2 aromatic rings. The number of carbonyl (C=O) groups excluding carboxylic acids is 1. The third kappa shape index (κ3) is 5.24. The van der Waals surface area contributed by atoms with E-state index < -0.39 is 6.10 Å². The molecule has 5 heteroatoms. The fourth-order valence-corrected chi connectivity index (χ4v) is 3.17. The molecule has 2 N–H and O–H groups in total. The van der Waals surface area contributed by atoms with E-state index in [1.54, 1.807) is 11.3 Å². The average Bonchev–Trinajstić information content (AvgIpc) is 2.93. The highest BCUT2D eigenvalue weighted by atomic mass is 32.1. The molecule has 0 bridgehead atoms. The van der Waals surface area contributed by atoms with Gasteiger partial charge < -0.3 is 10.4 Å². The SMILES string of the molecule is CC(C)Cc1ncc(CNC(=O)CC(O)c2ccccc2)s1. The maximum absolute atomic E-state index is 11.9. The minimum Gasteiger partial charge on any atom is -0.388 e. The summed E-state index contributed by atoms with van der Waals surface area (Å²) in [5.41, 5.74) is 0.759. The number of nitrogens with zero attached hydrogens (tertiary/aromatic N) is 1. The summed E-state index contributed by atoms with van der Waals surface area (Å²) >= 11 is 1.63. The van der Waals surface area contributed by atoms with E-state index in [0.717, 1.165) is 21.9 Å². The Morgan fingerprint density at radius 1 is 1.32 bits per heavy atom. The standard InChI is InChI=1S/C17H22N2O2S/c1-12(2)8-17-19-11-14(22-17)10-18-16(21)9-15(20)13-6-4-3-5-7-13/h3-7,11-12,15,20H,8-10H2,1-2H3,(H,18,21). The smallest absolute Gasteiger partial charge is 0.223 e. The summed E-state index contributed by atoms with van der Waals surface area (Å²) in [6, 6.07) is 9.22. The molecule has 0 aliphatic heterocycles. The molecule has 118 valence electrons. The monoisotopic (exact) mass is 318 g/mol. The molecular formula is C17H22N2O2S. The third-order valence-electron chi connectivity index (χ3n) is 3.21. The number of aliphatic hydroxyl groups excluding tert-OH is 1. The van der Waals surface area contributed by atoms with Crippen LogP contribution in [0.4, 0.5) is 0 Å². The van der Waals surface area contributed by atoms with E-state index in [1.807, 2.05) is 36.5 Å². The van der Waals surface area contributed by atoms with Crippen LogP contribution in [0.2, 0.25) is 0 Å². The highest BCUT2D eigenvalue weighted by Gasteiger charge is 2.13. The number of benzene rings is 1. The Morgan fingerprint density at radius 2 is 2.05 bits per heavy atom. The van der Waals surface area contributed by atoms with Crippen LogP contribution < -0.4 is 5.32 Å². The molecule has 4 nitrogen and oxygen atoms in total. The van der Waals surface area contributed by atoms with Crippen molar-refractivity contribution in [2.75, 3.05) is 0 Å². The Balaban J connectivity index is 1.79. The lowest BCUT2D eigenvalue weighted by atomic mass is 10.1. The first-order valence-corrected chi connectivity index (χ1v) is 8.29. The van der Waals surface area contributed by atoms with Crippen molar-refractivity contribution in [1.82, 2.24) is 10.3 Å². The number of amides is 1. The summed E-state index contributed by atoms with van der Waals surface area (Å²) in [5.74, 6) is 0.421. The summed E-state index contributed by atoms with van der Waals surface area (Å²) in [5, 5.41) is 14.0. The Labute approximate surface area is 135 Å². The molecule has 1 aromatic heterocycles. The Hall–Kier alpha value is -1.72. The lowest BCUT2D eigenvalue weighted by Gasteiger charge is -2.10. The van der Waals surface area contributed by atoms with Crippen LogP contribution in [0.5, 0.6) is 0 Å². The lowest BCUT2D eigenvalue weighted by molar-refractivity contribution is -0.123. The molecule has 1 aromatic carbocycles. The van der Waals surface area contributed by atoms with Crippen molar-refractivity contribution >= 4 is 17.2 Å². The minimum absolute atomic E-state index is 0.0711. The van der Waals surface area contributed by atoms with Crippen LogP contribution in [-0.4, -0.2) is 16.0 Å². The molecule has 0 fully saturated rings. The zero-order chi connectivity index (χ0) is 15.9. The first-order chi connectivity index (χ1) is 10.5. The largest absolute Gasteiger partial charge is 0.388 e. The van der Waals surface area contributed by atoms with Crippen molar-refractivity contribution in [1.29, 1.82) is 0 Å². The van der Waals surface area contributed by atoms with Gasteiger partial charge in [-0.2, -0.15) is 0 Å². The van der Waals surface area contributed by atoms with Crippen LogP contribution in [0.1, 0.15) is 41.8 Å². The molecule has 0 saturated heterocycles. The van der Waals surface area contributed by atoms with E-state index >= 15 is 0 Å². The molecule has 0 saturated carbocycles.